The molecule has 0 unspecified atom stereocenters. The maximum absolute atomic E-state index is 12.9. The van der Waals surface area contributed by atoms with E-state index in [1.807, 2.05) is 0 Å². The monoisotopic (exact) mass is 256 g/mol. The molecule has 0 saturated heterocycles. The van der Waals surface area contributed by atoms with Gasteiger partial charge in [0.15, 0.2) is 5.03 Å². The molecule has 0 rings (SSSR count). The van der Waals surface area contributed by atoms with Crippen molar-refractivity contribution in [3.05, 3.63) is 11.1 Å². The Morgan fingerprint density at radius 2 is 1.64 bits per heavy atom. The van der Waals surface area contributed by atoms with Crippen molar-refractivity contribution in [2.45, 2.75) is 5.66 Å². The number of hydrogen-bond acceptors (Lipinski definition) is 3. The highest BCUT2D eigenvalue weighted by atomic mass is 35.5. The van der Waals surface area contributed by atoms with Crippen molar-refractivity contribution in [3.63, 3.8) is 0 Å². The molecule has 0 aromatic heterocycles. The highest BCUT2D eigenvalue weighted by Gasteiger charge is 2.57. The average Bonchev–Trinajstić information content (AvgIpc) is 2.14. The maximum Gasteiger partial charge on any atom is 0.405 e. The normalized spacial score (nSPS) is 12.8. The molecule has 0 heterocycles. The number of alkyl halides is 2. The summed E-state index contributed by atoms with van der Waals surface area (Å²) in [4.78, 5) is 0. The molecule has 0 aromatic carbocycles. The van der Waals surface area contributed by atoms with Crippen molar-refractivity contribution in [1.29, 1.82) is 0 Å². The molecule has 0 bridgehead atoms. The van der Waals surface area contributed by atoms with Crippen LogP contribution in [0.1, 0.15) is 0 Å². The van der Waals surface area contributed by atoms with Crippen molar-refractivity contribution in [3.8, 4) is 0 Å². The minimum absolute atomic E-state index is 0.637. The second-order valence-corrected chi connectivity index (χ2v) is 4.64. The van der Waals surface area contributed by atoms with Crippen molar-refractivity contribution < 1.29 is 31.2 Å². The van der Waals surface area contributed by atoms with E-state index in [2.05, 4.69) is 20.6 Å². The Hall–Kier alpha value is -0.100. The van der Waals surface area contributed by atoms with Crippen LogP contribution in [0.3, 0.4) is 0 Å². The molecule has 0 aliphatic heterocycles. The summed E-state index contributed by atoms with van der Waals surface area (Å²) < 4.78 is 68.2. The lowest BCUT2D eigenvalue weighted by Gasteiger charge is -2.22. The Balaban J connectivity index is 5.35. The average molecular weight is 257 g/mol. The molecule has 0 radical (unpaired) electrons. The van der Waals surface area contributed by atoms with E-state index in [-0.39, 0.29) is 0 Å². The quantitative estimate of drug-likeness (QED) is 0.571. The first-order chi connectivity index (χ1) is 6.23. The van der Waals surface area contributed by atoms with Gasteiger partial charge in [-0.15, -0.1) is 0 Å². The van der Waals surface area contributed by atoms with Crippen LogP contribution in [0.5, 0.6) is 0 Å². The Kier molecular flexibility index (Phi) is 4.58. The van der Waals surface area contributed by atoms with Crippen LogP contribution in [0.4, 0.5) is 17.6 Å². The minimum Gasteiger partial charge on any atom is -0.307 e. The zero-order valence-electron chi connectivity index (χ0n) is 7.06. The third kappa shape index (κ3) is 2.28. The minimum atomic E-state index is -5.00. The summed E-state index contributed by atoms with van der Waals surface area (Å²) >= 11 is 4.60. The molecule has 0 spiro atoms. The molecule has 0 aromatic rings. The summed E-state index contributed by atoms with van der Waals surface area (Å²) in [6.07, 6.45) is -2.84. The van der Waals surface area contributed by atoms with Gasteiger partial charge in [0, 0.05) is 14.2 Å². The highest BCUT2D eigenvalue weighted by molar-refractivity contribution is 7.55. The summed E-state index contributed by atoms with van der Waals surface area (Å²) in [5, 5.41) is -2.15. The Bertz CT molecular complexity index is 281. The highest BCUT2D eigenvalue weighted by Crippen LogP contribution is 2.64. The zero-order chi connectivity index (χ0) is 11.6. The molecule has 9 heteroatoms. The predicted molar refractivity (Wildman–Crippen MR) is 41.7 cm³/mol. The van der Waals surface area contributed by atoms with Crippen LogP contribution in [0.2, 0.25) is 0 Å². The van der Waals surface area contributed by atoms with Crippen molar-refractivity contribution in [1.82, 2.24) is 0 Å². The molecule has 0 aliphatic carbocycles. The maximum atomic E-state index is 12.9. The van der Waals surface area contributed by atoms with Crippen molar-refractivity contribution >= 4 is 19.2 Å². The van der Waals surface area contributed by atoms with Gasteiger partial charge in [-0.3, -0.25) is 4.57 Å². The molecule has 0 fully saturated rings. The van der Waals surface area contributed by atoms with Crippen LogP contribution in [-0.4, -0.2) is 19.9 Å². The first kappa shape index (κ1) is 13.9. The molecule has 0 amide bonds. The van der Waals surface area contributed by atoms with Gasteiger partial charge in [-0.1, -0.05) is 11.6 Å². The van der Waals surface area contributed by atoms with Gasteiger partial charge in [0.25, 0.3) is 6.08 Å². The van der Waals surface area contributed by atoms with Crippen LogP contribution in [0.15, 0.2) is 11.1 Å². The van der Waals surface area contributed by atoms with E-state index in [4.69, 9.17) is 0 Å². The van der Waals surface area contributed by atoms with Gasteiger partial charge in [0.1, 0.15) is 0 Å². The number of rotatable bonds is 4. The molecular weight excluding hydrogens is 250 g/mol. The fraction of sp³-hybridized carbons (Fsp3) is 0.600. The van der Waals surface area contributed by atoms with Gasteiger partial charge in [-0.05, 0) is 0 Å². The number of allylic oxidation sites excluding steroid dienone is 1. The first-order valence-corrected chi connectivity index (χ1v) is 4.95. The van der Waals surface area contributed by atoms with E-state index in [1.165, 1.54) is 0 Å². The van der Waals surface area contributed by atoms with E-state index in [1.54, 1.807) is 0 Å². The third-order valence-corrected chi connectivity index (χ3v) is 3.64. The summed E-state index contributed by atoms with van der Waals surface area (Å²) in [7, 11) is -3.72. The molecule has 0 N–H and O–H groups in total. The molecule has 0 saturated carbocycles. The Labute approximate surface area is 82.2 Å². The van der Waals surface area contributed by atoms with Crippen LogP contribution < -0.4 is 0 Å². The Morgan fingerprint density at radius 1 is 1.29 bits per heavy atom. The summed E-state index contributed by atoms with van der Waals surface area (Å²) in [6, 6.07) is 0. The second kappa shape index (κ2) is 4.61. The Morgan fingerprint density at radius 3 is 1.86 bits per heavy atom. The molecule has 0 atom stereocenters. The molecular formula is C5H6ClF4O3P. The smallest absolute Gasteiger partial charge is 0.307 e. The lowest BCUT2D eigenvalue weighted by molar-refractivity contribution is 0.0837. The van der Waals surface area contributed by atoms with Crippen LogP contribution in [0.25, 0.3) is 0 Å². The van der Waals surface area contributed by atoms with Gasteiger partial charge in [-0.2, -0.15) is 17.6 Å². The van der Waals surface area contributed by atoms with Crippen molar-refractivity contribution in [2.75, 3.05) is 14.2 Å². The zero-order valence-corrected chi connectivity index (χ0v) is 8.71. The molecule has 3 nitrogen and oxygen atoms in total. The standard InChI is InChI=1S/C5H6ClF4O3P/c1-12-14(11,13-2)5(9,10)3(6)4(7)8/h1-2H3. The predicted octanol–water partition coefficient (Wildman–Crippen LogP) is 3.41. The summed E-state index contributed by atoms with van der Waals surface area (Å²) in [5.74, 6) is 0. The van der Waals surface area contributed by atoms with Crippen LogP contribution >= 0.6 is 19.2 Å². The lowest BCUT2D eigenvalue weighted by Crippen LogP contribution is -2.19. The summed E-state index contributed by atoms with van der Waals surface area (Å²) in [5.41, 5.74) is -4.56. The fourth-order valence-electron chi connectivity index (χ4n) is 0.538. The van der Waals surface area contributed by atoms with E-state index >= 15 is 0 Å². The van der Waals surface area contributed by atoms with Crippen LogP contribution in [-0.2, 0) is 13.6 Å². The van der Waals surface area contributed by atoms with Crippen LogP contribution in [0, 0.1) is 0 Å². The topological polar surface area (TPSA) is 35.5 Å². The second-order valence-electron chi connectivity index (χ2n) is 1.98. The van der Waals surface area contributed by atoms with Gasteiger partial charge < -0.3 is 9.05 Å². The van der Waals surface area contributed by atoms with E-state index in [9.17, 15) is 22.1 Å². The molecule has 84 valence electrons. The van der Waals surface area contributed by atoms with E-state index in [0.29, 0.717) is 14.2 Å². The number of hydrogen-bond donors (Lipinski definition) is 0. The van der Waals surface area contributed by atoms with Crippen molar-refractivity contribution in [2.24, 2.45) is 0 Å². The fourth-order valence-corrected chi connectivity index (χ4v) is 1.78. The molecule has 14 heavy (non-hydrogen) atoms. The van der Waals surface area contributed by atoms with Gasteiger partial charge in [-0.25, -0.2) is 0 Å². The third-order valence-electron chi connectivity index (χ3n) is 1.25. The van der Waals surface area contributed by atoms with E-state index in [0.717, 1.165) is 0 Å². The van der Waals surface area contributed by atoms with Gasteiger partial charge >= 0.3 is 13.3 Å². The number of halogens is 5. The molecule has 0 aliphatic rings. The largest absolute Gasteiger partial charge is 0.405 e. The lowest BCUT2D eigenvalue weighted by atomic mass is 10.6. The SMILES string of the molecule is COP(=O)(OC)C(F)(F)C(Cl)=C(F)F. The summed E-state index contributed by atoms with van der Waals surface area (Å²) in [6.45, 7) is 0. The van der Waals surface area contributed by atoms with E-state index < -0.39 is 24.4 Å². The first-order valence-electron chi connectivity index (χ1n) is 3.03. The van der Waals surface area contributed by atoms with Gasteiger partial charge in [0.2, 0.25) is 0 Å². The van der Waals surface area contributed by atoms with Gasteiger partial charge in [0.05, 0.1) is 0 Å².